The number of hydrogen-bond acceptors (Lipinski definition) is 3. The summed E-state index contributed by atoms with van der Waals surface area (Å²) in [6, 6.07) is 1.05. The Bertz CT molecular complexity index is 365. The monoisotopic (exact) mass is 308 g/mol. The highest BCUT2D eigenvalue weighted by atomic mass is 16.5. The molecule has 0 atom stereocenters. The second-order valence-electron chi connectivity index (χ2n) is 7.87. The highest BCUT2D eigenvalue weighted by Crippen LogP contribution is 2.30. The predicted octanol–water partition coefficient (Wildman–Crippen LogP) is 2.43. The molecule has 1 saturated carbocycles. The zero-order valence-corrected chi connectivity index (χ0v) is 14.2. The number of rotatable bonds is 4. The molecule has 0 unspecified atom stereocenters. The third-order valence-corrected chi connectivity index (χ3v) is 6.10. The van der Waals surface area contributed by atoms with Crippen molar-refractivity contribution in [1.29, 1.82) is 0 Å². The van der Waals surface area contributed by atoms with Crippen LogP contribution in [0.5, 0.6) is 0 Å². The van der Waals surface area contributed by atoms with Crippen molar-refractivity contribution < 1.29 is 9.53 Å². The molecule has 126 valence electrons. The highest BCUT2D eigenvalue weighted by molar-refractivity contribution is 5.79. The molecule has 0 aromatic heterocycles. The van der Waals surface area contributed by atoms with E-state index in [1.807, 2.05) is 0 Å². The Morgan fingerprint density at radius 1 is 1.05 bits per heavy atom. The molecular weight excluding hydrogens is 276 g/mol. The van der Waals surface area contributed by atoms with Crippen LogP contribution in [0.2, 0.25) is 0 Å². The van der Waals surface area contributed by atoms with Crippen molar-refractivity contribution in [2.45, 2.75) is 64.5 Å². The molecule has 4 heteroatoms. The van der Waals surface area contributed by atoms with E-state index in [1.54, 1.807) is 0 Å². The van der Waals surface area contributed by atoms with E-state index in [0.29, 0.717) is 18.0 Å². The van der Waals surface area contributed by atoms with Gasteiger partial charge in [-0.25, -0.2) is 0 Å². The maximum atomic E-state index is 12.5. The Morgan fingerprint density at radius 2 is 1.68 bits per heavy atom. The molecule has 0 aromatic rings. The van der Waals surface area contributed by atoms with Crippen molar-refractivity contribution in [1.82, 2.24) is 10.2 Å². The number of carbonyl (C=O) groups excluding carboxylic acids is 1. The molecule has 22 heavy (non-hydrogen) atoms. The quantitative estimate of drug-likeness (QED) is 0.867. The largest absolute Gasteiger partial charge is 0.378 e. The topological polar surface area (TPSA) is 41.6 Å². The molecule has 1 aliphatic carbocycles. The lowest BCUT2D eigenvalue weighted by Crippen LogP contribution is -2.53. The van der Waals surface area contributed by atoms with Crippen molar-refractivity contribution in [3.8, 4) is 0 Å². The van der Waals surface area contributed by atoms with Gasteiger partial charge in [-0.2, -0.15) is 0 Å². The Kier molecular flexibility index (Phi) is 5.40. The third kappa shape index (κ3) is 3.83. The second kappa shape index (κ2) is 7.31. The van der Waals surface area contributed by atoms with E-state index >= 15 is 0 Å². The summed E-state index contributed by atoms with van der Waals surface area (Å²) in [5, 5.41) is 3.34. The maximum absolute atomic E-state index is 12.5. The van der Waals surface area contributed by atoms with Crippen molar-refractivity contribution in [3.63, 3.8) is 0 Å². The van der Waals surface area contributed by atoms with Crippen LogP contribution in [-0.2, 0) is 9.53 Å². The first-order valence-electron chi connectivity index (χ1n) is 9.25. The fourth-order valence-corrected chi connectivity index (χ4v) is 4.21. The molecule has 3 rings (SSSR count). The maximum Gasteiger partial charge on any atom is 0.223 e. The van der Waals surface area contributed by atoms with Crippen molar-refractivity contribution in [3.05, 3.63) is 0 Å². The zero-order chi connectivity index (χ0) is 15.5. The first kappa shape index (κ1) is 16.3. The number of carbonyl (C=O) groups is 1. The number of likely N-dealkylation sites (tertiary alicyclic amines) is 1. The van der Waals surface area contributed by atoms with Gasteiger partial charge < -0.3 is 10.1 Å². The van der Waals surface area contributed by atoms with Gasteiger partial charge in [0.1, 0.15) is 0 Å². The van der Waals surface area contributed by atoms with Gasteiger partial charge in [0.2, 0.25) is 5.91 Å². The van der Waals surface area contributed by atoms with Gasteiger partial charge in [0.25, 0.3) is 0 Å². The summed E-state index contributed by atoms with van der Waals surface area (Å²) in [6.07, 6.45) is 6.94. The lowest BCUT2D eigenvalue weighted by Gasteiger charge is -2.41. The summed E-state index contributed by atoms with van der Waals surface area (Å²) in [5.41, 5.74) is 0. The summed E-state index contributed by atoms with van der Waals surface area (Å²) < 4.78 is 5.27. The van der Waals surface area contributed by atoms with Gasteiger partial charge in [-0.3, -0.25) is 9.69 Å². The fraction of sp³-hybridized carbons (Fsp3) is 0.944. The third-order valence-electron chi connectivity index (χ3n) is 6.10. The van der Waals surface area contributed by atoms with E-state index < -0.39 is 0 Å². The van der Waals surface area contributed by atoms with Crippen LogP contribution in [0.15, 0.2) is 0 Å². The van der Waals surface area contributed by atoms with Crippen LogP contribution >= 0.6 is 0 Å². The molecule has 0 bridgehead atoms. The highest BCUT2D eigenvalue weighted by Gasteiger charge is 2.33. The van der Waals surface area contributed by atoms with E-state index in [0.717, 1.165) is 51.0 Å². The fourth-order valence-electron chi connectivity index (χ4n) is 4.21. The SMILES string of the molecule is CC(C)C1CCC(NC(=O)C2CCN(C3COC3)CC2)CC1. The minimum Gasteiger partial charge on any atom is -0.378 e. The van der Waals surface area contributed by atoms with Gasteiger partial charge in [0, 0.05) is 12.0 Å². The average Bonchev–Trinajstić information content (AvgIpc) is 2.46. The molecule has 3 fully saturated rings. The number of hydrogen-bond donors (Lipinski definition) is 1. The van der Waals surface area contributed by atoms with E-state index in [2.05, 4.69) is 24.1 Å². The Balaban J connectivity index is 1.38. The van der Waals surface area contributed by atoms with Crippen LogP contribution in [-0.4, -0.2) is 49.2 Å². The Morgan fingerprint density at radius 3 is 2.18 bits per heavy atom. The molecule has 0 radical (unpaired) electrons. The van der Waals surface area contributed by atoms with E-state index in [-0.39, 0.29) is 5.92 Å². The molecule has 4 nitrogen and oxygen atoms in total. The van der Waals surface area contributed by atoms with Crippen LogP contribution in [0, 0.1) is 17.8 Å². The standard InChI is InChI=1S/C18H32N2O2/c1-13(2)14-3-5-16(6-4-14)19-18(21)15-7-9-20(10-8-15)17-11-22-12-17/h13-17H,3-12H2,1-2H3,(H,19,21). The number of ether oxygens (including phenoxy) is 1. The van der Waals surface area contributed by atoms with E-state index in [9.17, 15) is 4.79 Å². The average molecular weight is 308 g/mol. The first-order chi connectivity index (χ1) is 10.6. The van der Waals surface area contributed by atoms with E-state index in [4.69, 9.17) is 4.74 Å². The lowest BCUT2D eigenvalue weighted by atomic mass is 9.79. The lowest BCUT2D eigenvalue weighted by molar-refractivity contribution is -0.129. The van der Waals surface area contributed by atoms with Gasteiger partial charge >= 0.3 is 0 Å². The van der Waals surface area contributed by atoms with Crippen molar-refractivity contribution in [2.24, 2.45) is 17.8 Å². The smallest absolute Gasteiger partial charge is 0.223 e. The molecule has 2 aliphatic heterocycles. The van der Waals surface area contributed by atoms with Crippen LogP contribution in [0.1, 0.15) is 52.4 Å². The summed E-state index contributed by atoms with van der Waals surface area (Å²) in [5.74, 6) is 2.20. The Labute approximate surface area is 135 Å². The Hall–Kier alpha value is -0.610. The molecule has 0 spiro atoms. The number of piperidine rings is 1. The van der Waals surface area contributed by atoms with Gasteiger partial charge in [-0.1, -0.05) is 13.8 Å². The minimum absolute atomic E-state index is 0.236. The second-order valence-corrected chi connectivity index (χ2v) is 7.87. The number of amides is 1. The van der Waals surface area contributed by atoms with Gasteiger partial charge in [0.05, 0.1) is 19.3 Å². The molecule has 1 amide bonds. The van der Waals surface area contributed by atoms with Crippen LogP contribution in [0.4, 0.5) is 0 Å². The molecule has 2 heterocycles. The van der Waals surface area contributed by atoms with E-state index in [1.165, 1.54) is 25.7 Å². The van der Waals surface area contributed by atoms with Crippen LogP contribution < -0.4 is 5.32 Å². The molecule has 2 saturated heterocycles. The summed E-state index contributed by atoms with van der Waals surface area (Å²) in [6.45, 7) is 8.54. The zero-order valence-electron chi connectivity index (χ0n) is 14.2. The molecular formula is C18H32N2O2. The van der Waals surface area contributed by atoms with Gasteiger partial charge in [-0.05, 0) is 63.5 Å². The van der Waals surface area contributed by atoms with Crippen LogP contribution in [0.25, 0.3) is 0 Å². The molecule has 0 aromatic carbocycles. The predicted molar refractivity (Wildman–Crippen MR) is 87.6 cm³/mol. The van der Waals surface area contributed by atoms with Crippen molar-refractivity contribution >= 4 is 5.91 Å². The van der Waals surface area contributed by atoms with Gasteiger partial charge in [0.15, 0.2) is 0 Å². The summed E-state index contributed by atoms with van der Waals surface area (Å²) in [4.78, 5) is 15.0. The molecule has 3 aliphatic rings. The minimum atomic E-state index is 0.236. The first-order valence-corrected chi connectivity index (χ1v) is 9.25. The van der Waals surface area contributed by atoms with Gasteiger partial charge in [-0.15, -0.1) is 0 Å². The van der Waals surface area contributed by atoms with Crippen molar-refractivity contribution in [2.75, 3.05) is 26.3 Å². The molecule has 1 N–H and O–H groups in total. The summed E-state index contributed by atoms with van der Waals surface area (Å²) in [7, 11) is 0. The van der Waals surface area contributed by atoms with Crippen LogP contribution in [0.3, 0.4) is 0 Å². The normalized spacial score (nSPS) is 32.0. The number of nitrogens with zero attached hydrogens (tertiary/aromatic N) is 1. The summed E-state index contributed by atoms with van der Waals surface area (Å²) >= 11 is 0. The number of nitrogens with one attached hydrogen (secondary N) is 1.